The number of ketones is 3. The molecular weight excluding hydrogens is 1290 g/mol. The Labute approximate surface area is 523 Å². The van der Waals surface area contributed by atoms with Gasteiger partial charge in [0, 0.05) is 47.8 Å². The Morgan fingerprint density at radius 2 is 1.10 bits per heavy atom. The van der Waals surface area contributed by atoms with Crippen LogP contribution in [-0.4, -0.2) is 283 Å². The Morgan fingerprint density at radius 1 is 0.560 bits per heavy atom. The van der Waals surface area contributed by atoms with Crippen molar-refractivity contribution in [1.29, 1.82) is 0 Å². The van der Waals surface area contributed by atoms with Gasteiger partial charge in [0.25, 0.3) is 0 Å². The lowest BCUT2D eigenvalue weighted by molar-refractivity contribution is -0.402. The molecule has 0 aromatic heterocycles. The third-order valence-electron chi connectivity index (χ3n) is 20.4. The molecule has 38 heteroatoms. The molecule has 0 amide bonds. The van der Waals surface area contributed by atoms with Crippen molar-refractivity contribution < 1.29 is 164 Å². The van der Waals surface area contributed by atoms with E-state index in [1.807, 2.05) is 34.6 Å². The molecule has 0 aromatic carbocycles. The lowest BCUT2D eigenvalue weighted by atomic mass is 9.43. The summed E-state index contributed by atoms with van der Waals surface area (Å²) >= 11 is 0. The highest BCUT2D eigenvalue weighted by Crippen LogP contribution is 2.70. The number of aliphatic hydroxyl groups excluding tert-OH is 9. The van der Waals surface area contributed by atoms with Crippen LogP contribution in [0.5, 0.6) is 0 Å². The molecule has 0 aromatic rings. The second kappa shape index (κ2) is 26.8. The van der Waals surface area contributed by atoms with Gasteiger partial charge in [0.1, 0.15) is 110 Å². The van der Waals surface area contributed by atoms with Gasteiger partial charge in [-0.25, -0.2) is 12.5 Å². The molecule has 35 nitrogen and oxygen atoms in total. The van der Waals surface area contributed by atoms with Crippen LogP contribution in [0.25, 0.3) is 0 Å². The molecule has 522 valence electrons. The number of ether oxygens (including phenoxy) is 11. The van der Waals surface area contributed by atoms with Crippen LogP contribution in [-0.2, 0) is 110 Å². The maximum atomic E-state index is 14.8. The lowest BCUT2D eigenvalue weighted by Gasteiger charge is -2.61. The Balaban J connectivity index is 1.01. The first-order valence-corrected chi connectivity index (χ1v) is 33.5. The summed E-state index contributed by atoms with van der Waals surface area (Å²) in [5.74, 6) is -1.56. The van der Waals surface area contributed by atoms with Crippen molar-refractivity contribution in [3.05, 3.63) is 11.1 Å². The molecule has 0 unspecified atom stereocenters. The number of hydrogen-bond donors (Lipinski definition) is 12. The fraction of sp³-hybridized carbons (Fsp3) is 0.906. The first kappa shape index (κ1) is 72.8. The molecule has 29 atom stereocenters. The van der Waals surface area contributed by atoms with E-state index >= 15 is 0 Å². The van der Waals surface area contributed by atoms with Gasteiger partial charge in [0.05, 0.1) is 38.6 Å². The second-order valence-electron chi connectivity index (χ2n) is 26.2. The highest BCUT2D eigenvalue weighted by atomic mass is 32.3. The van der Waals surface area contributed by atoms with Crippen LogP contribution in [0.2, 0.25) is 0 Å². The number of aliphatic hydroxyl groups is 9. The zero-order chi connectivity index (χ0) is 67.4. The van der Waals surface area contributed by atoms with Gasteiger partial charge in [-0.05, 0) is 56.3 Å². The average Bonchev–Trinajstić information content (AvgIpc) is 1.67. The van der Waals surface area contributed by atoms with E-state index in [0.717, 1.165) is 7.11 Å². The SMILES string of the molecule is CO[C@@H]1[C@@H](O)[C@H](O[C@@H]2[C@@H](O)[C@H](O[C@H]3[C@H](O)[C@@H](O[C@@H]4OC[C@@H](O)[C@H](O)[C@H]4O)[C@H](O[C@H]4[C@H](O[C@H]5CC[C@]6(C)C7=C(C(=O)C[C@H]6C5(C)C)[C@]5(C)CC[C@H](C(C)=O)[C@@]5(C)CC7=O)OC[C@@H](OS(=O)(=O)O)[C@@H]4O)O[C@@H]3C)O[C@H](COS(=O)(=O)O)[C@H]2O)O[C@H](COS(=O)(=O)O)[C@H]1O. The number of carbonyl (C=O) groups excluding carboxylic acids is 3. The summed E-state index contributed by atoms with van der Waals surface area (Å²) in [6, 6.07) is 0. The van der Waals surface area contributed by atoms with Gasteiger partial charge in [0.15, 0.2) is 43.0 Å². The van der Waals surface area contributed by atoms with Crippen molar-refractivity contribution in [2.24, 2.45) is 33.5 Å². The minimum atomic E-state index is -5.37. The molecule has 7 fully saturated rings. The molecular formula is C53H82O35S3. The quantitative estimate of drug-likeness (QED) is 0.0512. The summed E-state index contributed by atoms with van der Waals surface area (Å²) in [6.07, 6.45) is -46.0. The highest BCUT2D eigenvalue weighted by Gasteiger charge is 2.68. The van der Waals surface area contributed by atoms with E-state index in [1.54, 1.807) is 0 Å². The van der Waals surface area contributed by atoms with Crippen LogP contribution in [0.15, 0.2) is 11.1 Å². The standard InChI is InChI=1S/C53H82O35S3/c1-19(54)21-9-12-52(6)31-22(55)13-28-50(3,4)29(10-11-51(28,5)30(31)23(56)14-53(21,52)7)83-48-43(35(61)27(16-77-48)88-91(72,73)74)87-49-44(86-45-36(62)32(58)24(57)15-76-45)37(63)40(20(2)80-49)84-47-39(65)42(34(60)26(82-47)18-79-90(69,70)71)85-46-38(64)41(75-8)33(59)25(81-46)17-78-89(66,67)68/h20-21,24-29,32-49,57-65H,9-18H2,1-8H3,(H,66,67,68)(H,69,70,71)(H,72,73,74)/t20-,21-,24-,25-,26-,27-,28+,29+,32+,33-,34-,35+,36-,37+,38-,39-,40-,41+,42+,43-,44-,45+,46+,47+,48+,49+,51+,52+,53-/m1/s1. The fourth-order valence-electron chi connectivity index (χ4n) is 15.5. The van der Waals surface area contributed by atoms with Gasteiger partial charge < -0.3 is 98.1 Å². The van der Waals surface area contributed by atoms with Crippen LogP contribution < -0.4 is 0 Å². The van der Waals surface area contributed by atoms with E-state index in [2.05, 4.69) is 8.37 Å². The Hall–Kier alpha value is -2.44. The Kier molecular flexibility index (Phi) is 21.4. The van der Waals surface area contributed by atoms with Crippen molar-refractivity contribution in [3.8, 4) is 0 Å². The molecule has 91 heavy (non-hydrogen) atoms. The maximum absolute atomic E-state index is 14.8. The van der Waals surface area contributed by atoms with E-state index < -0.39 is 239 Å². The maximum Gasteiger partial charge on any atom is 0.397 e. The number of methoxy groups -OCH3 is 1. The van der Waals surface area contributed by atoms with E-state index in [4.69, 9.17) is 56.3 Å². The smallest absolute Gasteiger partial charge is 0.388 e. The summed E-state index contributed by atoms with van der Waals surface area (Å²) in [5, 5.41) is 102. The number of Topliss-reactive ketones (excluding diaryl/α,β-unsaturated/α-hetero) is 3. The third-order valence-corrected chi connectivity index (χ3v) is 21.7. The van der Waals surface area contributed by atoms with Crippen molar-refractivity contribution in [1.82, 2.24) is 0 Å². The predicted octanol–water partition coefficient (Wildman–Crippen LogP) is -4.39. The summed E-state index contributed by atoms with van der Waals surface area (Å²) in [4.78, 5) is 42.4. The average molecular weight is 1380 g/mol. The number of fused-ring (bicyclic) bond motifs is 4. The summed E-state index contributed by atoms with van der Waals surface area (Å²) < 4.78 is 178. The monoisotopic (exact) mass is 1370 g/mol. The third kappa shape index (κ3) is 14.2. The molecule has 0 bridgehead atoms. The fourth-order valence-corrected chi connectivity index (χ4v) is 16.6. The van der Waals surface area contributed by atoms with Crippen molar-refractivity contribution >= 4 is 48.5 Å². The molecule has 5 heterocycles. The van der Waals surface area contributed by atoms with Crippen molar-refractivity contribution in [2.45, 2.75) is 234 Å². The molecule has 0 spiro atoms. The topological polar surface area (TPSA) is 526 Å². The van der Waals surface area contributed by atoms with E-state index in [-0.39, 0.29) is 43.0 Å². The summed E-state index contributed by atoms with van der Waals surface area (Å²) in [6.45, 7) is 8.22. The minimum Gasteiger partial charge on any atom is -0.388 e. The minimum absolute atomic E-state index is 0.0364. The molecule has 5 saturated heterocycles. The molecule has 9 rings (SSSR count). The zero-order valence-electron chi connectivity index (χ0n) is 50.6. The zero-order valence-corrected chi connectivity index (χ0v) is 53.0. The van der Waals surface area contributed by atoms with E-state index in [9.17, 15) is 99.3 Å². The first-order valence-electron chi connectivity index (χ1n) is 29.4. The largest absolute Gasteiger partial charge is 0.397 e. The van der Waals surface area contributed by atoms with E-state index in [0.29, 0.717) is 24.0 Å². The summed E-state index contributed by atoms with van der Waals surface area (Å²) in [5.41, 5.74) is -2.67. The highest BCUT2D eigenvalue weighted by molar-refractivity contribution is 7.81. The molecule has 12 N–H and O–H groups in total. The molecule has 5 aliphatic heterocycles. The van der Waals surface area contributed by atoms with Crippen LogP contribution in [0.1, 0.15) is 87.0 Å². The van der Waals surface area contributed by atoms with Crippen LogP contribution in [0.4, 0.5) is 0 Å². The first-order chi connectivity index (χ1) is 42.1. The van der Waals surface area contributed by atoms with Crippen LogP contribution >= 0.6 is 0 Å². The van der Waals surface area contributed by atoms with Crippen molar-refractivity contribution in [3.63, 3.8) is 0 Å². The molecule has 0 radical (unpaired) electrons. The molecule has 4 aliphatic carbocycles. The Morgan fingerprint density at radius 3 is 1.67 bits per heavy atom. The van der Waals surface area contributed by atoms with Gasteiger partial charge in [-0.3, -0.25) is 28.0 Å². The van der Waals surface area contributed by atoms with Crippen LogP contribution in [0, 0.1) is 33.5 Å². The number of rotatable bonds is 20. The second-order valence-corrected chi connectivity index (χ2v) is 29.4. The Bertz CT molecular complexity index is 3060. The number of hydrogen-bond acceptors (Lipinski definition) is 32. The van der Waals surface area contributed by atoms with Crippen LogP contribution in [0.3, 0.4) is 0 Å². The van der Waals surface area contributed by atoms with Crippen molar-refractivity contribution in [2.75, 3.05) is 33.5 Å². The molecule has 2 saturated carbocycles. The normalized spacial score (nSPS) is 47.3. The number of carbonyl (C=O) groups is 3. The van der Waals surface area contributed by atoms with E-state index in [1.165, 1.54) is 13.8 Å². The van der Waals surface area contributed by atoms with Gasteiger partial charge >= 0.3 is 31.2 Å². The lowest BCUT2D eigenvalue weighted by Crippen LogP contribution is -2.68. The molecule has 9 aliphatic rings. The van der Waals surface area contributed by atoms with Gasteiger partial charge in [-0.2, -0.15) is 25.3 Å². The summed E-state index contributed by atoms with van der Waals surface area (Å²) in [7, 11) is -14.9. The van der Waals surface area contributed by atoms with Gasteiger partial charge in [-0.15, -0.1) is 0 Å². The number of allylic oxidation sites excluding steroid dienone is 2. The predicted molar refractivity (Wildman–Crippen MR) is 292 cm³/mol. The van der Waals surface area contributed by atoms with Gasteiger partial charge in [-0.1, -0.05) is 34.6 Å². The van der Waals surface area contributed by atoms with Gasteiger partial charge in [0.2, 0.25) is 0 Å².